The summed E-state index contributed by atoms with van der Waals surface area (Å²) < 4.78 is 15.8. The van der Waals surface area contributed by atoms with E-state index in [9.17, 15) is 9.59 Å². The van der Waals surface area contributed by atoms with Gasteiger partial charge in [-0.3, -0.25) is 4.79 Å². The molecule has 10 nitrogen and oxygen atoms in total. The predicted octanol–water partition coefficient (Wildman–Crippen LogP) is 2.41. The number of benzene rings is 2. The molecule has 1 aromatic heterocycles. The molecule has 1 atom stereocenters. The van der Waals surface area contributed by atoms with E-state index < -0.39 is 18.0 Å². The number of amides is 2. The van der Waals surface area contributed by atoms with Gasteiger partial charge in [0.1, 0.15) is 12.6 Å². The molecule has 0 aliphatic rings. The van der Waals surface area contributed by atoms with Crippen molar-refractivity contribution in [2.75, 3.05) is 14.2 Å². The number of carbonyl (C=O) groups is 2. The molecule has 0 radical (unpaired) electrons. The fourth-order valence-electron chi connectivity index (χ4n) is 2.99. The zero-order chi connectivity index (χ0) is 23.5. The fourth-order valence-corrected chi connectivity index (χ4v) is 2.99. The summed E-state index contributed by atoms with van der Waals surface area (Å²) in [5.74, 6) is 0.488. The number of hydrazone groups is 1. The minimum Gasteiger partial charge on any atom is -0.493 e. The molecule has 3 aromatic rings. The first-order chi connectivity index (χ1) is 16.1. The van der Waals surface area contributed by atoms with Gasteiger partial charge in [-0.2, -0.15) is 5.10 Å². The number of para-hydroxylation sites is 1. The summed E-state index contributed by atoms with van der Waals surface area (Å²) in [6.07, 6.45) is 3.94. The summed E-state index contributed by atoms with van der Waals surface area (Å²) in [5, 5.41) is 6.57. The zero-order valence-corrected chi connectivity index (χ0v) is 18.3. The number of aromatic nitrogens is 2. The quantitative estimate of drug-likeness (QED) is 0.321. The van der Waals surface area contributed by atoms with E-state index in [0.717, 1.165) is 5.56 Å². The molecule has 0 saturated heterocycles. The maximum absolute atomic E-state index is 12.8. The second kappa shape index (κ2) is 11.9. The highest BCUT2D eigenvalue weighted by Crippen LogP contribution is 2.29. The molecule has 33 heavy (non-hydrogen) atoms. The Morgan fingerprint density at radius 1 is 1.12 bits per heavy atom. The maximum atomic E-state index is 12.8. The number of ether oxygens (including phenoxy) is 3. The highest BCUT2D eigenvalue weighted by atomic mass is 16.5. The molecule has 0 bridgehead atoms. The lowest BCUT2D eigenvalue weighted by Gasteiger charge is -2.16. The minimum absolute atomic E-state index is 0.0822. The second-order valence-corrected chi connectivity index (χ2v) is 6.86. The molecule has 172 valence electrons. The van der Waals surface area contributed by atoms with Crippen LogP contribution in [0.3, 0.4) is 0 Å². The molecule has 0 saturated carbocycles. The molecule has 0 unspecified atom stereocenters. The molecule has 0 spiro atoms. The van der Waals surface area contributed by atoms with E-state index in [4.69, 9.17) is 14.2 Å². The standard InChI is InChI=1S/C23H25N5O5/c1-31-20-10-6-9-17(21(20)32-2)12-26-28-22(29)19(11-18-13-24-15-25-18)27-23(30)33-14-16-7-4-3-5-8-16/h3-10,12-13,15,19H,11,14H2,1-2H3,(H,24,25)(H,27,30)(H,28,29)/b26-12-/t19-/m0/s1. The van der Waals surface area contributed by atoms with Crippen molar-refractivity contribution in [1.29, 1.82) is 0 Å². The molecule has 3 rings (SSSR count). The number of alkyl carbamates (subject to hydrolysis) is 1. The van der Waals surface area contributed by atoms with Crippen molar-refractivity contribution in [3.63, 3.8) is 0 Å². The van der Waals surface area contributed by atoms with Crippen LogP contribution in [0.15, 0.2) is 66.2 Å². The Morgan fingerprint density at radius 2 is 1.94 bits per heavy atom. The molecule has 2 aromatic carbocycles. The summed E-state index contributed by atoms with van der Waals surface area (Å²) in [5.41, 5.74) is 4.55. The van der Waals surface area contributed by atoms with Gasteiger partial charge in [-0.1, -0.05) is 36.4 Å². The summed E-state index contributed by atoms with van der Waals surface area (Å²) in [7, 11) is 3.04. The van der Waals surface area contributed by atoms with Crippen LogP contribution in [-0.2, 0) is 22.6 Å². The van der Waals surface area contributed by atoms with Gasteiger partial charge >= 0.3 is 6.09 Å². The van der Waals surface area contributed by atoms with Gasteiger partial charge in [0, 0.05) is 23.9 Å². The first kappa shape index (κ1) is 23.3. The number of imidazole rings is 1. The average molecular weight is 451 g/mol. The Labute approximate surface area is 191 Å². The van der Waals surface area contributed by atoms with Crippen LogP contribution in [-0.4, -0.2) is 48.4 Å². The molecular weight excluding hydrogens is 426 g/mol. The van der Waals surface area contributed by atoms with E-state index in [2.05, 4.69) is 25.8 Å². The fraction of sp³-hybridized carbons (Fsp3) is 0.217. The van der Waals surface area contributed by atoms with Crippen LogP contribution < -0.4 is 20.2 Å². The number of aromatic amines is 1. The maximum Gasteiger partial charge on any atom is 0.408 e. The van der Waals surface area contributed by atoms with Crippen molar-refractivity contribution in [2.45, 2.75) is 19.1 Å². The topological polar surface area (TPSA) is 127 Å². The van der Waals surface area contributed by atoms with Crippen LogP contribution in [0.25, 0.3) is 0 Å². The third-order valence-corrected chi connectivity index (χ3v) is 4.61. The van der Waals surface area contributed by atoms with Gasteiger partial charge < -0.3 is 24.5 Å². The molecule has 2 amide bonds. The van der Waals surface area contributed by atoms with Crippen molar-refractivity contribution in [1.82, 2.24) is 20.7 Å². The summed E-state index contributed by atoms with van der Waals surface area (Å²) >= 11 is 0. The van der Waals surface area contributed by atoms with Crippen molar-refractivity contribution in [3.05, 3.63) is 77.9 Å². The van der Waals surface area contributed by atoms with Gasteiger partial charge in [-0.05, 0) is 17.7 Å². The third kappa shape index (κ3) is 6.82. The van der Waals surface area contributed by atoms with E-state index in [1.165, 1.54) is 26.8 Å². The highest BCUT2D eigenvalue weighted by molar-refractivity contribution is 5.89. The molecular formula is C23H25N5O5. The van der Waals surface area contributed by atoms with Gasteiger partial charge in [0.2, 0.25) is 0 Å². The van der Waals surface area contributed by atoms with Crippen molar-refractivity contribution in [3.8, 4) is 11.5 Å². The minimum atomic E-state index is -0.946. The smallest absolute Gasteiger partial charge is 0.408 e. The van der Waals surface area contributed by atoms with E-state index in [1.807, 2.05) is 30.3 Å². The number of nitrogens with one attached hydrogen (secondary N) is 3. The van der Waals surface area contributed by atoms with E-state index in [0.29, 0.717) is 22.8 Å². The van der Waals surface area contributed by atoms with Crippen molar-refractivity contribution < 1.29 is 23.8 Å². The molecule has 3 N–H and O–H groups in total. The Bertz CT molecular complexity index is 1070. The van der Waals surface area contributed by atoms with E-state index >= 15 is 0 Å². The van der Waals surface area contributed by atoms with Crippen molar-refractivity contribution in [2.24, 2.45) is 5.10 Å². The first-order valence-corrected chi connectivity index (χ1v) is 10.1. The Morgan fingerprint density at radius 3 is 2.64 bits per heavy atom. The number of nitrogens with zero attached hydrogens (tertiary/aromatic N) is 2. The molecule has 0 aliphatic carbocycles. The highest BCUT2D eigenvalue weighted by Gasteiger charge is 2.22. The van der Waals surface area contributed by atoms with Gasteiger partial charge in [-0.15, -0.1) is 0 Å². The van der Waals surface area contributed by atoms with Gasteiger partial charge in [0.15, 0.2) is 11.5 Å². The number of rotatable bonds is 10. The number of methoxy groups -OCH3 is 2. The van der Waals surface area contributed by atoms with Crippen LogP contribution in [0.5, 0.6) is 11.5 Å². The Hall–Kier alpha value is -4.34. The first-order valence-electron chi connectivity index (χ1n) is 10.1. The van der Waals surface area contributed by atoms with E-state index in [-0.39, 0.29) is 13.0 Å². The summed E-state index contributed by atoms with van der Waals surface area (Å²) in [4.78, 5) is 31.9. The number of hydrogen-bond acceptors (Lipinski definition) is 7. The van der Waals surface area contributed by atoms with Crippen LogP contribution in [0.4, 0.5) is 4.79 Å². The zero-order valence-electron chi connectivity index (χ0n) is 18.3. The number of carbonyl (C=O) groups excluding carboxylic acids is 2. The average Bonchev–Trinajstić information content (AvgIpc) is 3.36. The second-order valence-electron chi connectivity index (χ2n) is 6.86. The molecule has 0 aliphatic heterocycles. The number of H-pyrrole nitrogens is 1. The molecule has 10 heteroatoms. The SMILES string of the molecule is COc1cccc(/C=N\NC(=O)[C@H](Cc2cnc[nH]2)NC(=O)OCc2ccccc2)c1OC. The van der Waals surface area contributed by atoms with Crippen LogP contribution in [0.2, 0.25) is 0 Å². The lowest BCUT2D eigenvalue weighted by molar-refractivity contribution is -0.123. The lowest BCUT2D eigenvalue weighted by atomic mass is 10.1. The predicted molar refractivity (Wildman–Crippen MR) is 121 cm³/mol. The van der Waals surface area contributed by atoms with Crippen LogP contribution >= 0.6 is 0 Å². The lowest BCUT2D eigenvalue weighted by Crippen LogP contribution is -2.47. The van der Waals surface area contributed by atoms with Crippen molar-refractivity contribution >= 4 is 18.2 Å². The van der Waals surface area contributed by atoms with Gasteiger partial charge in [-0.25, -0.2) is 15.2 Å². The molecule has 0 fully saturated rings. The number of hydrogen-bond donors (Lipinski definition) is 3. The third-order valence-electron chi connectivity index (χ3n) is 4.61. The van der Waals surface area contributed by atoms with Crippen LogP contribution in [0, 0.1) is 0 Å². The Balaban J connectivity index is 1.64. The summed E-state index contributed by atoms with van der Waals surface area (Å²) in [6.45, 7) is 0.0822. The Kier molecular flexibility index (Phi) is 8.41. The van der Waals surface area contributed by atoms with E-state index in [1.54, 1.807) is 24.4 Å². The van der Waals surface area contributed by atoms with Crippen LogP contribution in [0.1, 0.15) is 16.8 Å². The largest absolute Gasteiger partial charge is 0.493 e. The monoisotopic (exact) mass is 451 g/mol. The summed E-state index contributed by atoms with van der Waals surface area (Å²) in [6, 6.07) is 13.6. The normalized spacial score (nSPS) is 11.6. The molecule has 1 heterocycles. The van der Waals surface area contributed by atoms with Gasteiger partial charge in [0.05, 0.1) is 26.8 Å². The van der Waals surface area contributed by atoms with Gasteiger partial charge in [0.25, 0.3) is 5.91 Å².